The number of hydrogen-bond acceptors (Lipinski definition) is 4. The lowest BCUT2D eigenvalue weighted by Crippen LogP contribution is -2.40. The lowest BCUT2D eigenvalue weighted by atomic mass is 9.86. The van der Waals surface area contributed by atoms with Gasteiger partial charge in [0.2, 0.25) is 0 Å². The second kappa shape index (κ2) is 7.55. The molecule has 0 bridgehead atoms. The number of amides is 1. The average molecular weight is 397 g/mol. The van der Waals surface area contributed by atoms with Crippen molar-refractivity contribution >= 4 is 28.0 Å². The first kappa shape index (κ1) is 18.8. The molecule has 6 heteroatoms. The zero-order valence-electron chi connectivity index (χ0n) is 14.3. The molecule has 1 aliphatic rings. The second-order valence-corrected chi connectivity index (χ2v) is 8.15. The van der Waals surface area contributed by atoms with Crippen molar-refractivity contribution in [2.75, 3.05) is 13.1 Å². The third-order valence-electron chi connectivity index (χ3n) is 4.09. The molecular weight excluding hydrogens is 374 g/mol. The van der Waals surface area contributed by atoms with Crippen LogP contribution in [0.4, 0.5) is 4.79 Å². The summed E-state index contributed by atoms with van der Waals surface area (Å²) >= 11 is 3.40. The van der Waals surface area contributed by atoms with Crippen molar-refractivity contribution in [2.24, 2.45) is 11.8 Å². The van der Waals surface area contributed by atoms with E-state index in [-0.39, 0.29) is 12.0 Å². The van der Waals surface area contributed by atoms with Gasteiger partial charge in [-0.25, -0.2) is 4.79 Å². The number of rotatable bonds is 4. The summed E-state index contributed by atoms with van der Waals surface area (Å²) in [4.78, 5) is 25.4. The van der Waals surface area contributed by atoms with E-state index in [1.165, 1.54) is 0 Å². The number of halogens is 1. The van der Waals surface area contributed by atoms with Crippen LogP contribution in [-0.2, 0) is 16.0 Å². The summed E-state index contributed by atoms with van der Waals surface area (Å²) in [6.07, 6.45) is 0.657. The van der Waals surface area contributed by atoms with Crippen LogP contribution < -0.4 is 5.11 Å². The van der Waals surface area contributed by atoms with Crippen LogP contribution in [0.5, 0.6) is 0 Å². The number of ether oxygens (including phenoxy) is 1. The number of carboxylic acid groups (broad SMARTS) is 1. The van der Waals surface area contributed by atoms with Gasteiger partial charge in [0.15, 0.2) is 0 Å². The third-order valence-corrected chi connectivity index (χ3v) is 4.59. The largest absolute Gasteiger partial charge is 0.550 e. The molecule has 1 fully saturated rings. The van der Waals surface area contributed by atoms with Crippen molar-refractivity contribution in [1.82, 2.24) is 4.90 Å². The van der Waals surface area contributed by atoms with E-state index in [9.17, 15) is 14.7 Å². The monoisotopic (exact) mass is 396 g/mol. The Balaban J connectivity index is 2.02. The molecule has 1 amide bonds. The highest BCUT2D eigenvalue weighted by Crippen LogP contribution is 2.28. The van der Waals surface area contributed by atoms with Crippen LogP contribution >= 0.6 is 15.9 Å². The fraction of sp³-hybridized carbons (Fsp3) is 0.556. The molecule has 0 saturated carbocycles. The Morgan fingerprint density at radius 1 is 1.42 bits per heavy atom. The van der Waals surface area contributed by atoms with Crippen LogP contribution in [-0.4, -0.2) is 35.7 Å². The maximum absolute atomic E-state index is 12.1. The third kappa shape index (κ3) is 5.23. The Labute approximate surface area is 151 Å². The van der Waals surface area contributed by atoms with Crippen LogP contribution in [0.25, 0.3) is 0 Å². The van der Waals surface area contributed by atoms with Gasteiger partial charge in [0.1, 0.15) is 5.60 Å². The van der Waals surface area contributed by atoms with E-state index >= 15 is 0 Å². The minimum atomic E-state index is -1.06. The molecule has 0 spiro atoms. The van der Waals surface area contributed by atoms with Gasteiger partial charge in [-0.1, -0.05) is 28.1 Å². The van der Waals surface area contributed by atoms with E-state index in [0.29, 0.717) is 25.9 Å². The summed E-state index contributed by atoms with van der Waals surface area (Å²) < 4.78 is 6.28. The molecule has 0 radical (unpaired) electrons. The topological polar surface area (TPSA) is 69.7 Å². The lowest BCUT2D eigenvalue weighted by Gasteiger charge is -2.27. The molecule has 2 atom stereocenters. The molecule has 0 N–H and O–H groups in total. The summed E-state index contributed by atoms with van der Waals surface area (Å²) in [5.41, 5.74) is 0.383. The van der Waals surface area contributed by atoms with Gasteiger partial charge in [0.25, 0.3) is 0 Å². The van der Waals surface area contributed by atoms with Gasteiger partial charge in [-0.3, -0.25) is 0 Å². The number of hydrogen-bond donors (Lipinski definition) is 0. The minimum absolute atomic E-state index is 0.124. The fourth-order valence-electron chi connectivity index (χ4n) is 2.97. The number of nitrogens with zero attached hydrogens (tertiary/aromatic N) is 1. The normalized spacial score (nSPS) is 19.2. The molecule has 0 aliphatic carbocycles. The van der Waals surface area contributed by atoms with Crippen molar-refractivity contribution in [1.29, 1.82) is 0 Å². The van der Waals surface area contributed by atoms with Gasteiger partial charge >= 0.3 is 6.09 Å². The van der Waals surface area contributed by atoms with Crippen molar-refractivity contribution in [3.05, 3.63) is 34.3 Å². The summed E-state index contributed by atoms with van der Waals surface area (Å²) in [6.45, 7) is 6.35. The molecule has 1 aliphatic heterocycles. The van der Waals surface area contributed by atoms with E-state index < -0.39 is 17.5 Å². The molecule has 0 unspecified atom stereocenters. The van der Waals surface area contributed by atoms with Crippen molar-refractivity contribution in [3.63, 3.8) is 0 Å². The molecule has 1 heterocycles. The molecule has 132 valence electrons. The lowest BCUT2D eigenvalue weighted by molar-refractivity contribution is -0.313. The van der Waals surface area contributed by atoms with E-state index in [4.69, 9.17) is 4.74 Å². The SMILES string of the molecule is CC(C)(C)OC(=O)N1CC[C@H]([C@H](Cc2cccc(Br)c2)C(=O)[O-])C1. The molecular formula is C18H23BrNO4-. The number of carboxylic acids is 1. The summed E-state index contributed by atoms with van der Waals surface area (Å²) in [7, 11) is 0. The number of carbonyl (C=O) groups is 2. The van der Waals surface area contributed by atoms with E-state index in [2.05, 4.69) is 15.9 Å². The first-order chi connectivity index (χ1) is 11.2. The Kier molecular flexibility index (Phi) is 5.91. The first-order valence-corrected chi connectivity index (χ1v) is 8.88. The van der Waals surface area contributed by atoms with Crippen molar-refractivity contribution < 1.29 is 19.4 Å². The molecule has 24 heavy (non-hydrogen) atoms. The smallest absolute Gasteiger partial charge is 0.410 e. The molecule has 1 aromatic carbocycles. The molecule has 2 rings (SSSR count). The fourth-order valence-corrected chi connectivity index (χ4v) is 3.42. The van der Waals surface area contributed by atoms with E-state index in [1.807, 2.05) is 45.0 Å². The van der Waals surface area contributed by atoms with Crippen LogP contribution in [0.3, 0.4) is 0 Å². The zero-order chi connectivity index (χ0) is 17.9. The number of benzene rings is 1. The quantitative estimate of drug-likeness (QED) is 0.783. The Morgan fingerprint density at radius 2 is 2.12 bits per heavy atom. The van der Waals surface area contributed by atoms with Crippen molar-refractivity contribution in [3.8, 4) is 0 Å². The van der Waals surface area contributed by atoms with Crippen LogP contribution in [0.2, 0.25) is 0 Å². The van der Waals surface area contributed by atoms with E-state index in [1.54, 1.807) is 4.90 Å². The maximum Gasteiger partial charge on any atom is 0.410 e. The predicted octanol–water partition coefficient (Wildman–Crippen LogP) is 2.61. The maximum atomic E-state index is 12.1. The first-order valence-electron chi connectivity index (χ1n) is 8.09. The standard InChI is InChI=1S/C18H24BrNO4/c1-18(2,3)24-17(23)20-8-7-13(11-20)15(16(21)22)10-12-5-4-6-14(19)9-12/h4-6,9,13,15H,7-8,10-11H2,1-3H3,(H,21,22)/p-1/t13-,15-/m0/s1. The van der Waals surface area contributed by atoms with Gasteiger partial charge in [-0.2, -0.15) is 0 Å². The van der Waals surface area contributed by atoms with E-state index in [0.717, 1.165) is 10.0 Å². The van der Waals surface area contributed by atoms with Gasteiger partial charge in [0, 0.05) is 29.4 Å². The number of carbonyl (C=O) groups excluding carboxylic acids is 2. The summed E-state index contributed by atoms with van der Waals surface area (Å²) in [6, 6.07) is 7.60. The minimum Gasteiger partial charge on any atom is -0.550 e. The number of aliphatic carboxylic acids is 1. The molecule has 1 aromatic rings. The van der Waals surface area contributed by atoms with Gasteiger partial charge in [0.05, 0.1) is 0 Å². The molecule has 5 nitrogen and oxygen atoms in total. The highest BCUT2D eigenvalue weighted by atomic mass is 79.9. The average Bonchev–Trinajstić information content (AvgIpc) is 2.92. The summed E-state index contributed by atoms with van der Waals surface area (Å²) in [5, 5.41) is 11.6. The van der Waals surface area contributed by atoms with Crippen LogP contribution in [0.1, 0.15) is 32.8 Å². The highest BCUT2D eigenvalue weighted by Gasteiger charge is 2.34. The molecule has 0 aromatic heterocycles. The highest BCUT2D eigenvalue weighted by molar-refractivity contribution is 9.10. The summed E-state index contributed by atoms with van der Waals surface area (Å²) in [5.74, 6) is -1.81. The van der Waals surface area contributed by atoms with Crippen molar-refractivity contribution in [2.45, 2.75) is 39.2 Å². The Bertz CT molecular complexity index is 611. The Morgan fingerprint density at radius 3 is 2.71 bits per heavy atom. The zero-order valence-corrected chi connectivity index (χ0v) is 15.8. The van der Waals surface area contributed by atoms with Gasteiger partial charge in [-0.05, 0) is 57.2 Å². The van der Waals surface area contributed by atoms with Gasteiger partial charge in [-0.15, -0.1) is 0 Å². The predicted molar refractivity (Wildman–Crippen MR) is 92.3 cm³/mol. The van der Waals surface area contributed by atoms with Crippen LogP contribution in [0, 0.1) is 11.8 Å². The van der Waals surface area contributed by atoms with Crippen LogP contribution in [0.15, 0.2) is 28.7 Å². The Hall–Kier alpha value is -1.56. The van der Waals surface area contributed by atoms with Gasteiger partial charge < -0.3 is 19.5 Å². The second-order valence-electron chi connectivity index (χ2n) is 7.23. The molecule has 1 saturated heterocycles. The number of likely N-dealkylation sites (tertiary alicyclic amines) is 1.